The molecule has 0 bridgehead atoms. The Morgan fingerprint density at radius 2 is 2.08 bits per heavy atom. The first kappa shape index (κ1) is 18.9. The van der Waals surface area contributed by atoms with Crippen LogP contribution in [0.2, 0.25) is 0 Å². The van der Waals surface area contributed by atoms with Gasteiger partial charge in [0.25, 0.3) is 5.91 Å². The Morgan fingerprint density at radius 3 is 2.69 bits per heavy atom. The summed E-state index contributed by atoms with van der Waals surface area (Å²) in [6.07, 6.45) is 0.0828. The Hall–Kier alpha value is -1.86. The van der Waals surface area contributed by atoms with E-state index in [0.29, 0.717) is 42.1 Å². The lowest BCUT2D eigenvalue weighted by Gasteiger charge is -2.31. The molecule has 0 spiro atoms. The van der Waals surface area contributed by atoms with Crippen LogP contribution < -0.4 is 10.3 Å². The molecular formula is C19H23BrN2O4. The Bertz CT molecular complexity index is 891. The first-order valence-electron chi connectivity index (χ1n) is 8.62. The highest BCUT2D eigenvalue weighted by molar-refractivity contribution is 9.09. The van der Waals surface area contributed by atoms with Gasteiger partial charge in [0, 0.05) is 49.2 Å². The van der Waals surface area contributed by atoms with Crippen molar-refractivity contribution in [2.75, 3.05) is 38.7 Å². The minimum Gasteiger partial charge on any atom is -0.440 e. The van der Waals surface area contributed by atoms with E-state index in [2.05, 4.69) is 15.9 Å². The molecule has 2 atom stereocenters. The number of anilines is 1. The zero-order valence-corrected chi connectivity index (χ0v) is 17.0. The largest absolute Gasteiger partial charge is 0.440 e. The van der Waals surface area contributed by atoms with Crippen LogP contribution in [0, 0.1) is 0 Å². The number of hydrogen-bond donors (Lipinski definition) is 0. The second-order valence-electron chi connectivity index (χ2n) is 6.83. The number of benzene rings is 1. The standard InChI is InChI=1S/C19H23BrN2O4/c1-11-10-22(5-6-25-11)17-9-16(23)15-8-13(19(24)21(3)4)7-14(12(2)20)18(15)26-17/h7-9,11-12H,5-6,10H2,1-4H3. The number of nitrogens with zero attached hydrogens (tertiary/aromatic N) is 2. The maximum Gasteiger partial charge on any atom is 0.253 e. The summed E-state index contributed by atoms with van der Waals surface area (Å²) >= 11 is 3.56. The number of alkyl halides is 1. The molecule has 0 N–H and O–H groups in total. The summed E-state index contributed by atoms with van der Waals surface area (Å²) in [6.45, 7) is 5.89. The van der Waals surface area contributed by atoms with Crippen LogP contribution in [-0.2, 0) is 4.74 Å². The molecule has 3 rings (SSSR count). The van der Waals surface area contributed by atoms with Gasteiger partial charge in [0.15, 0.2) is 11.3 Å². The van der Waals surface area contributed by atoms with Crippen LogP contribution in [0.25, 0.3) is 11.0 Å². The van der Waals surface area contributed by atoms with Gasteiger partial charge in [0.05, 0.1) is 18.1 Å². The SMILES string of the molecule is CC1CN(c2cc(=O)c3cc(C(=O)N(C)C)cc(C(C)Br)c3o2)CCO1. The van der Waals surface area contributed by atoms with Gasteiger partial charge in [-0.15, -0.1) is 0 Å². The molecule has 1 fully saturated rings. The molecular weight excluding hydrogens is 400 g/mol. The van der Waals surface area contributed by atoms with E-state index in [4.69, 9.17) is 9.15 Å². The Kier molecular flexibility index (Phi) is 5.39. The number of hydrogen-bond acceptors (Lipinski definition) is 5. The second kappa shape index (κ2) is 7.40. The van der Waals surface area contributed by atoms with E-state index in [1.54, 1.807) is 26.2 Å². The molecule has 0 radical (unpaired) electrons. The topological polar surface area (TPSA) is 63.0 Å². The van der Waals surface area contributed by atoms with E-state index < -0.39 is 0 Å². The van der Waals surface area contributed by atoms with Gasteiger partial charge in [0.1, 0.15) is 5.58 Å². The lowest BCUT2D eigenvalue weighted by Crippen LogP contribution is -2.41. The van der Waals surface area contributed by atoms with E-state index in [1.165, 1.54) is 11.0 Å². The molecule has 2 heterocycles. The van der Waals surface area contributed by atoms with Crippen molar-refractivity contribution in [3.05, 3.63) is 39.5 Å². The minimum absolute atomic E-state index is 0.0677. The summed E-state index contributed by atoms with van der Waals surface area (Å²) in [6, 6.07) is 4.92. The van der Waals surface area contributed by atoms with Crippen molar-refractivity contribution in [3.63, 3.8) is 0 Å². The molecule has 1 aromatic carbocycles. The van der Waals surface area contributed by atoms with E-state index in [9.17, 15) is 9.59 Å². The fourth-order valence-electron chi connectivity index (χ4n) is 3.12. The van der Waals surface area contributed by atoms with E-state index in [-0.39, 0.29) is 22.3 Å². The summed E-state index contributed by atoms with van der Waals surface area (Å²) < 4.78 is 11.7. The normalized spacial score (nSPS) is 18.8. The van der Waals surface area contributed by atoms with Crippen molar-refractivity contribution in [1.82, 2.24) is 4.90 Å². The van der Waals surface area contributed by atoms with E-state index in [1.807, 2.05) is 18.7 Å². The monoisotopic (exact) mass is 422 g/mol. The molecule has 26 heavy (non-hydrogen) atoms. The summed E-state index contributed by atoms with van der Waals surface area (Å²) in [5.41, 5.74) is 1.63. The van der Waals surface area contributed by atoms with E-state index >= 15 is 0 Å². The van der Waals surface area contributed by atoms with Crippen LogP contribution >= 0.6 is 15.9 Å². The summed E-state index contributed by atoms with van der Waals surface area (Å²) in [7, 11) is 3.38. The molecule has 0 saturated carbocycles. The highest BCUT2D eigenvalue weighted by Gasteiger charge is 2.22. The number of carbonyl (C=O) groups excluding carboxylic acids is 1. The molecule has 7 heteroatoms. The summed E-state index contributed by atoms with van der Waals surface area (Å²) in [5.74, 6) is 0.394. The fraction of sp³-hybridized carbons (Fsp3) is 0.474. The first-order chi connectivity index (χ1) is 12.3. The number of carbonyl (C=O) groups is 1. The molecule has 2 unspecified atom stereocenters. The average Bonchev–Trinajstić information content (AvgIpc) is 2.60. The smallest absolute Gasteiger partial charge is 0.253 e. The number of amides is 1. The highest BCUT2D eigenvalue weighted by atomic mass is 79.9. The van der Waals surface area contributed by atoms with Crippen molar-refractivity contribution >= 4 is 38.7 Å². The molecule has 2 aromatic rings. The summed E-state index contributed by atoms with van der Waals surface area (Å²) in [5, 5.41) is 0.420. The van der Waals surface area contributed by atoms with Crippen molar-refractivity contribution in [2.24, 2.45) is 0 Å². The van der Waals surface area contributed by atoms with Gasteiger partial charge < -0.3 is 19.0 Å². The molecule has 0 aliphatic carbocycles. The highest BCUT2D eigenvalue weighted by Crippen LogP contribution is 2.32. The maximum absolute atomic E-state index is 12.8. The van der Waals surface area contributed by atoms with Crippen LogP contribution in [0.3, 0.4) is 0 Å². The van der Waals surface area contributed by atoms with Crippen LogP contribution in [0.4, 0.5) is 5.88 Å². The Morgan fingerprint density at radius 1 is 1.35 bits per heavy atom. The van der Waals surface area contributed by atoms with Crippen LogP contribution in [0.5, 0.6) is 0 Å². The molecule has 140 valence electrons. The average molecular weight is 423 g/mol. The van der Waals surface area contributed by atoms with Crippen LogP contribution in [-0.4, -0.2) is 50.7 Å². The lowest BCUT2D eigenvalue weighted by atomic mass is 10.0. The third-order valence-electron chi connectivity index (χ3n) is 4.48. The van der Waals surface area contributed by atoms with Crippen molar-refractivity contribution in [1.29, 1.82) is 0 Å². The van der Waals surface area contributed by atoms with Gasteiger partial charge in [-0.2, -0.15) is 0 Å². The van der Waals surface area contributed by atoms with Gasteiger partial charge in [-0.05, 0) is 26.0 Å². The van der Waals surface area contributed by atoms with Gasteiger partial charge >= 0.3 is 0 Å². The zero-order valence-electron chi connectivity index (χ0n) is 15.4. The predicted molar refractivity (Wildman–Crippen MR) is 105 cm³/mol. The number of fused-ring (bicyclic) bond motifs is 1. The van der Waals surface area contributed by atoms with Gasteiger partial charge in [-0.1, -0.05) is 15.9 Å². The van der Waals surface area contributed by atoms with Gasteiger partial charge in [-0.3, -0.25) is 9.59 Å². The van der Waals surface area contributed by atoms with Crippen molar-refractivity contribution < 1.29 is 13.9 Å². The van der Waals surface area contributed by atoms with E-state index in [0.717, 1.165) is 5.56 Å². The lowest BCUT2D eigenvalue weighted by molar-refractivity contribution is 0.0517. The number of ether oxygens (including phenoxy) is 1. The second-order valence-corrected chi connectivity index (χ2v) is 8.21. The first-order valence-corrected chi connectivity index (χ1v) is 9.53. The molecule has 1 aliphatic heterocycles. The minimum atomic E-state index is -0.150. The molecule has 1 saturated heterocycles. The predicted octanol–water partition coefficient (Wildman–Crippen LogP) is 3.18. The number of morpholine rings is 1. The number of halogens is 1. The maximum atomic E-state index is 12.8. The quantitative estimate of drug-likeness (QED) is 0.710. The summed E-state index contributed by atoms with van der Waals surface area (Å²) in [4.78, 5) is 28.6. The molecule has 1 amide bonds. The third-order valence-corrected chi connectivity index (χ3v) is 4.97. The Balaban J connectivity index is 2.17. The van der Waals surface area contributed by atoms with Crippen molar-refractivity contribution in [2.45, 2.75) is 24.8 Å². The Labute approximate surface area is 160 Å². The third kappa shape index (κ3) is 3.64. The zero-order chi connectivity index (χ0) is 19.0. The molecule has 1 aliphatic rings. The van der Waals surface area contributed by atoms with Crippen molar-refractivity contribution in [3.8, 4) is 0 Å². The fourth-order valence-corrected chi connectivity index (χ4v) is 3.46. The molecule has 1 aromatic heterocycles. The molecule has 6 nitrogen and oxygen atoms in total. The van der Waals surface area contributed by atoms with Crippen LogP contribution in [0.1, 0.15) is 34.6 Å². The number of rotatable bonds is 3. The van der Waals surface area contributed by atoms with Gasteiger partial charge in [-0.25, -0.2) is 0 Å². The van der Waals surface area contributed by atoms with Crippen LogP contribution in [0.15, 0.2) is 27.4 Å². The van der Waals surface area contributed by atoms with Gasteiger partial charge in [0.2, 0.25) is 0 Å².